The van der Waals surface area contributed by atoms with Crippen molar-refractivity contribution in [1.82, 2.24) is 19.7 Å². The summed E-state index contributed by atoms with van der Waals surface area (Å²) in [5.41, 5.74) is 0. The van der Waals surface area contributed by atoms with E-state index in [0.717, 1.165) is 17.4 Å². The zero-order chi connectivity index (χ0) is 15.3. The standard InChI is InChI=1S/C12H22N4O3S/c1-5-7-15(8-10(3)4)12(17)16-9-13-11(14-16)20(18,19)6-2/h9-10H,5-8H2,1-4H3. The fourth-order valence-corrected chi connectivity index (χ4v) is 2.41. The van der Waals surface area contributed by atoms with Crippen molar-refractivity contribution in [3.05, 3.63) is 6.33 Å². The molecule has 1 rings (SSSR count). The molecule has 0 aromatic carbocycles. The van der Waals surface area contributed by atoms with E-state index in [1.54, 1.807) is 4.90 Å². The summed E-state index contributed by atoms with van der Waals surface area (Å²) in [7, 11) is -3.49. The lowest BCUT2D eigenvalue weighted by Gasteiger charge is -2.23. The first-order chi connectivity index (χ1) is 9.31. The van der Waals surface area contributed by atoms with Crippen molar-refractivity contribution in [2.75, 3.05) is 18.8 Å². The molecule has 0 unspecified atom stereocenters. The van der Waals surface area contributed by atoms with E-state index in [-0.39, 0.29) is 16.9 Å². The Kier molecular flexibility index (Phi) is 5.67. The first-order valence-electron chi connectivity index (χ1n) is 6.75. The van der Waals surface area contributed by atoms with Crippen LogP contribution in [0, 0.1) is 5.92 Å². The highest BCUT2D eigenvalue weighted by Crippen LogP contribution is 2.06. The Morgan fingerprint density at radius 3 is 2.55 bits per heavy atom. The third kappa shape index (κ3) is 4.03. The second-order valence-corrected chi connectivity index (χ2v) is 7.17. The molecule has 0 bridgehead atoms. The van der Waals surface area contributed by atoms with Crippen LogP contribution < -0.4 is 0 Å². The average Bonchev–Trinajstić information content (AvgIpc) is 2.87. The molecule has 1 aromatic heterocycles. The summed E-state index contributed by atoms with van der Waals surface area (Å²) >= 11 is 0. The van der Waals surface area contributed by atoms with Gasteiger partial charge in [0.1, 0.15) is 6.33 Å². The summed E-state index contributed by atoms with van der Waals surface area (Å²) < 4.78 is 24.3. The Labute approximate surface area is 119 Å². The van der Waals surface area contributed by atoms with Gasteiger partial charge in [-0.3, -0.25) is 0 Å². The minimum Gasteiger partial charge on any atom is -0.323 e. The number of hydrogen-bond acceptors (Lipinski definition) is 5. The van der Waals surface area contributed by atoms with Gasteiger partial charge in [0, 0.05) is 13.1 Å². The molecule has 8 heteroatoms. The molecule has 7 nitrogen and oxygen atoms in total. The van der Waals surface area contributed by atoms with Gasteiger partial charge in [-0.05, 0) is 12.3 Å². The van der Waals surface area contributed by atoms with Crippen molar-refractivity contribution in [1.29, 1.82) is 0 Å². The Bertz CT molecular complexity index is 551. The van der Waals surface area contributed by atoms with Crippen LogP contribution in [0.3, 0.4) is 0 Å². The molecule has 0 radical (unpaired) electrons. The molecule has 1 amide bonds. The van der Waals surface area contributed by atoms with Crippen LogP contribution in [-0.4, -0.2) is 53.0 Å². The van der Waals surface area contributed by atoms with Crippen LogP contribution in [0.25, 0.3) is 0 Å². The average molecular weight is 302 g/mol. The number of sulfone groups is 1. The zero-order valence-corrected chi connectivity index (χ0v) is 13.2. The maximum atomic E-state index is 12.3. The van der Waals surface area contributed by atoms with Gasteiger partial charge >= 0.3 is 6.03 Å². The molecule has 20 heavy (non-hydrogen) atoms. The van der Waals surface area contributed by atoms with Crippen LogP contribution in [0.4, 0.5) is 4.79 Å². The molecule has 0 N–H and O–H groups in total. The van der Waals surface area contributed by atoms with Crippen molar-refractivity contribution >= 4 is 15.9 Å². The van der Waals surface area contributed by atoms with Gasteiger partial charge in [0.2, 0.25) is 9.84 Å². The first kappa shape index (κ1) is 16.6. The van der Waals surface area contributed by atoms with Crippen LogP contribution in [0.2, 0.25) is 0 Å². The van der Waals surface area contributed by atoms with Gasteiger partial charge in [0.25, 0.3) is 5.16 Å². The highest BCUT2D eigenvalue weighted by atomic mass is 32.2. The van der Waals surface area contributed by atoms with Crippen molar-refractivity contribution in [2.24, 2.45) is 5.92 Å². The van der Waals surface area contributed by atoms with E-state index in [1.807, 2.05) is 20.8 Å². The molecular weight excluding hydrogens is 280 g/mol. The molecule has 0 saturated carbocycles. The molecular formula is C12H22N4O3S. The molecule has 114 valence electrons. The fourth-order valence-electron chi connectivity index (χ4n) is 1.73. The first-order valence-corrected chi connectivity index (χ1v) is 8.40. The number of nitrogens with zero attached hydrogens (tertiary/aromatic N) is 4. The number of aromatic nitrogens is 3. The van der Waals surface area contributed by atoms with E-state index in [0.29, 0.717) is 19.0 Å². The number of hydrogen-bond donors (Lipinski definition) is 0. The Morgan fingerprint density at radius 1 is 1.40 bits per heavy atom. The van der Waals surface area contributed by atoms with Crippen LogP contribution >= 0.6 is 0 Å². The monoisotopic (exact) mass is 302 g/mol. The zero-order valence-electron chi connectivity index (χ0n) is 12.4. The third-order valence-corrected chi connectivity index (χ3v) is 4.18. The normalized spacial score (nSPS) is 11.8. The fraction of sp³-hybridized carbons (Fsp3) is 0.750. The quantitative estimate of drug-likeness (QED) is 0.793. The Balaban J connectivity index is 2.96. The molecule has 0 fully saturated rings. The highest BCUT2D eigenvalue weighted by Gasteiger charge is 2.22. The van der Waals surface area contributed by atoms with Crippen molar-refractivity contribution in [3.8, 4) is 0 Å². The molecule has 0 saturated heterocycles. The van der Waals surface area contributed by atoms with E-state index in [2.05, 4.69) is 10.1 Å². The van der Waals surface area contributed by atoms with Crippen LogP contribution in [0.1, 0.15) is 34.1 Å². The third-order valence-electron chi connectivity index (χ3n) is 2.67. The van der Waals surface area contributed by atoms with E-state index in [4.69, 9.17) is 0 Å². The van der Waals surface area contributed by atoms with Gasteiger partial charge in [0.15, 0.2) is 0 Å². The summed E-state index contributed by atoms with van der Waals surface area (Å²) in [5, 5.41) is 3.49. The van der Waals surface area contributed by atoms with Crippen LogP contribution in [-0.2, 0) is 9.84 Å². The minimum atomic E-state index is -3.49. The predicted molar refractivity (Wildman–Crippen MR) is 75.2 cm³/mol. The van der Waals surface area contributed by atoms with E-state index in [1.165, 1.54) is 6.92 Å². The maximum absolute atomic E-state index is 12.3. The molecule has 1 aromatic rings. The van der Waals surface area contributed by atoms with Crippen molar-refractivity contribution in [3.63, 3.8) is 0 Å². The summed E-state index contributed by atoms with van der Waals surface area (Å²) in [6.07, 6.45) is 1.99. The lowest BCUT2D eigenvalue weighted by molar-refractivity contribution is 0.189. The lowest BCUT2D eigenvalue weighted by Crippen LogP contribution is -2.38. The van der Waals surface area contributed by atoms with Gasteiger partial charge < -0.3 is 4.90 Å². The molecule has 0 atom stereocenters. The smallest absolute Gasteiger partial charge is 0.323 e. The molecule has 1 heterocycles. The van der Waals surface area contributed by atoms with Crippen LogP contribution in [0.5, 0.6) is 0 Å². The van der Waals surface area contributed by atoms with Gasteiger partial charge in [0.05, 0.1) is 5.75 Å². The number of carbonyl (C=O) groups excluding carboxylic acids is 1. The molecule has 0 aliphatic carbocycles. The van der Waals surface area contributed by atoms with Gasteiger partial charge in [-0.2, -0.15) is 4.68 Å². The summed E-state index contributed by atoms with van der Waals surface area (Å²) in [4.78, 5) is 17.7. The van der Waals surface area contributed by atoms with Crippen molar-refractivity contribution < 1.29 is 13.2 Å². The Hall–Kier alpha value is -1.44. The minimum absolute atomic E-state index is 0.0874. The summed E-state index contributed by atoms with van der Waals surface area (Å²) in [5.74, 6) is 0.239. The molecule has 0 aliphatic rings. The Morgan fingerprint density at radius 2 is 2.05 bits per heavy atom. The maximum Gasteiger partial charge on any atom is 0.346 e. The number of amides is 1. The van der Waals surface area contributed by atoms with Crippen molar-refractivity contribution in [2.45, 2.75) is 39.3 Å². The predicted octanol–water partition coefficient (Wildman–Crippen LogP) is 1.41. The molecule has 0 aliphatic heterocycles. The molecule has 0 spiro atoms. The second-order valence-electron chi connectivity index (χ2n) is 5.00. The second kappa shape index (κ2) is 6.83. The van der Waals surface area contributed by atoms with E-state index in [9.17, 15) is 13.2 Å². The van der Waals surface area contributed by atoms with Gasteiger partial charge in [-0.1, -0.05) is 27.7 Å². The lowest BCUT2D eigenvalue weighted by atomic mass is 10.2. The van der Waals surface area contributed by atoms with Gasteiger partial charge in [-0.25, -0.2) is 18.2 Å². The largest absolute Gasteiger partial charge is 0.346 e. The highest BCUT2D eigenvalue weighted by molar-refractivity contribution is 7.91. The number of carbonyl (C=O) groups is 1. The summed E-state index contributed by atoms with van der Waals surface area (Å²) in [6.45, 7) is 8.73. The van der Waals surface area contributed by atoms with E-state index >= 15 is 0 Å². The SMILES string of the molecule is CCCN(CC(C)C)C(=O)n1cnc(S(=O)(=O)CC)n1. The number of rotatable bonds is 6. The van der Waals surface area contributed by atoms with Gasteiger partial charge in [-0.15, -0.1) is 5.10 Å². The topological polar surface area (TPSA) is 85.2 Å². The van der Waals surface area contributed by atoms with E-state index < -0.39 is 9.84 Å². The summed E-state index contributed by atoms with van der Waals surface area (Å²) in [6, 6.07) is -0.342. The van der Waals surface area contributed by atoms with Crippen LogP contribution in [0.15, 0.2) is 11.5 Å².